The maximum Gasteiger partial charge on any atom is 0.150 e. The number of rotatable bonds is 6. The van der Waals surface area contributed by atoms with Gasteiger partial charge in [-0.15, -0.1) is 11.3 Å². The molecule has 0 saturated heterocycles. The van der Waals surface area contributed by atoms with Crippen LogP contribution in [0.15, 0.2) is 35.7 Å². The van der Waals surface area contributed by atoms with Crippen molar-refractivity contribution in [2.75, 3.05) is 0 Å². The van der Waals surface area contributed by atoms with Gasteiger partial charge < -0.3 is 5.73 Å². The van der Waals surface area contributed by atoms with E-state index in [1.807, 2.05) is 17.5 Å². The van der Waals surface area contributed by atoms with Gasteiger partial charge in [-0.2, -0.15) is 0 Å². The first-order valence-corrected chi connectivity index (χ1v) is 7.57. The van der Waals surface area contributed by atoms with Gasteiger partial charge in [-0.05, 0) is 29.5 Å². The Morgan fingerprint density at radius 3 is 2.85 bits per heavy atom. The van der Waals surface area contributed by atoms with Gasteiger partial charge in [-0.1, -0.05) is 29.8 Å². The third-order valence-corrected chi connectivity index (χ3v) is 4.28. The molecule has 0 aliphatic rings. The average molecular weight is 312 g/mol. The number of hydrogen-bond acceptors (Lipinski definition) is 3. The van der Waals surface area contributed by atoms with Crippen molar-refractivity contribution in [2.24, 2.45) is 5.73 Å². The summed E-state index contributed by atoms with van der Waals surface area (Å²) >= 11 is 7.28. The molecule has 20 heavy (non-hydrogen) atoms. The van der Waals surface area contributed by atoms with Gasteiger partial charge in [0.25, 0.3) is 0 Å². The van der Waals surface area contributed by atoms with Gasteiger partial charge in [0.1, 0.15) is 11.6 Å². The van der Waals surface area contributed by atoms with Gasteiger partial charge in [0.05, 0.1) is 11.1 Å². The molecule has 0 amide bonds. The summed E-state index contributed by atoms with van der Waals surface area (Å²) in [4.78, 5) is 13.0. The zero-order valence-electron chi connectivity index (χ0n) is 10.8. The lowest BCUT2D eigenvalue weighted by molar-refractivity contribution is -0.120. The van der Waals surface area contributed by atoms with Crippen molar-refractivity contribution in [2.45, 2.75) is 25.3 Å². The molecule has 0 unspecified atom stereocenters. The number of ketones is 1. The number of thiophene rings is 1. The third kappa shape index (κ3) is 3.88. The molecule has 0 bridgehead atoms. The Morgan fingerprint density at radius 1 is 1.35 bits per heavy atom. The first kappa shape index (κ1) is 15.2. The quantitative estimate of drug-likeness (QED) is 0.885. The van der Waals surface area contributed by atoms with Crippen LogP contribution in [0.1, 0.15) is 16.9 Å². The molecule has 0 aliphatic carbocycles. The van der Waals surface area contributed by atoms with E-state index in [1.165, 1.54) is 6.07 Å². The van der Waals surface area contributed by atoms with E-state index >= 15 is 0 Å². The van der Waals surface area contributed by atoms with Gasteiger partial charge in [-0.3, -0.25) is 4.79 Å². The van der Waals surface area contributed by atoms with Gasteiger partial charge in [0, 0.05) is 17.7 Å². The topological polar surface area (TPSA) is 43.1 Å². The van der Waals surface area contributed by atoms with Crippen molar-refractivity contribution in [3.8, 4) is 0 Å². The van der Waals surface area contributed by atoms with Crippen LogP contribution in [-0.2, 0) is 17.6 Å². The maximum absolute atomic E-state index is 13.7. The van der Waals surface area contributed by atoms with Crippen LogP contribution in [0.2, 0.25) is 5.02 Å². The number of Topliss-reactive ketones (excluding diaryl/α,β-unsaturated/α-hetero) is 1. The molecule has 1 aromatic carbocycles. The standard InChI is InChI=1S/C15H15ClFNOS/c16-12-5-1-3-10(15(12)17)6-7-14(19)13(18)9-11-4-2-8-20-11/h1-5,8,13H,6-7,9,18H2/t13-/m0/s1. The molecule has 0 spiro atoms. The van der Waals surface area contributed by atoms with E-state index in [1.54, 1.807) is 23.5 Å². The molecular formula is C15H15ClFNOS. The lowest BCUT2D eigenvalue weighted by Gasteiger charge is -2.10. The fraction of sp³-hybridized carbons (Fsp3) is 0.267. The Bertz CT molecular complexity index is 586. The van der Waals surface area contributed by atoms with Crippen LogP contribution in [0.4, 0.5) is 4.39 Å². The third-order valence-electron chi connectivity index (χ3n) is 3.09. The van der Waals surface area contributed by atoms with Gasteiger partial charge >= 0.3 is 0 Å². The predicted molar refractivity (Wildman–Crippen MR) is 80.7 cm³/mol. The molecule has 2 rings (SSSR count). The highest BCUT2D eigenvalue weighted by Crippen LogP contribution is 2.19. The zero-order valence-corrected chi connectivity index (χ0v) is 12.4. The molecule has 1 aromatic heterocycles. The summed E-state index contributed by atoms with van der Waals surface area (Å²) in [6.45, 7) is 0. The highest BCUT2D eigenvalue weighted by atomic mass is 35.5. The molecular weight excluding hydrogens is 297 g/mol. The van der Waals surface area contributed by atoms with Crippen molar-refractivity contribution < 1.29 is 9.18 Å². The Morgan fingerprint density at radius 2 is 2.15 bits per heavy atom. The van der Waals surface area contributed by atoms with Crippen molar-refractivity contribution in [3.63, 3.8) is 0 Å². The minimum Gasteiger partial charge on any atom is -0.321 e. The van der Waals surface area contributed by atoms with Gasteiger partial charge in [-0.25, -0.2) is 4.39 Å². The summed E-state index contributed by atoms with van der Waals surface area (Å²) in [5, 5.41) is 2.03. The lowest BCUT2D eigenvalue weighted by Crippen LogP contribution is -2.32. The minimum absolute atomic E-state index is 0.0576. The van der Waals surface area contributed by atoms with E-state index in [4.69, 9.17) is 17.3 Å². The monoisotopic (exact) mass is 311 g/mol. The van der Waals surface area contributed by atoms with E-state index in [9.17, 15) is 9.18 Å². The van der Waals surface area contributed by atoms with E-state index in [2.05, 4.69) is 0 Å². The Kier molecular flexibility index (Phi) is 5.29. The van der Waals surface area contributed by atoms with Crippen LogP contribution in [0.25, 0.3) is 0 Å². The summed E-state index contributed by atoms with van der Waals surface area (Å²) in [5.74, 6) is -0.508. The maximum atomic E-state index is 13.7. The van der Waals surface area contributed by atoms with E-state index in [0.29, 0.717) is 18.4 Å². The fourth-order valence-electron chi connectivity index (χ4n) is 1.94. The van der Waals surface area contributed by atoms with E-state index in [0.717, 1.165) is 4.88 Å². The second-order valence-corrected chi connectivity index (χ2v) is 6.01. The molecule has 2 aromatic rings. The number of carbonyl (C=O) groups is 1. The Labute approximate surface area is 126 Å². The minimum atomic E-state index is -0.532. The number of nitrogens with two attached hydrogens (primary N) is 1. The van der Waals surface area contributed by atoms with Crippen LogP contribution in [0.5, 0.6) is 0 Å². The molecule has 1 heterocycles. The summed E-state index contributed by atoms with van der Waals surface area (Å²) in [5.41, 5.74) is 6.33. The van der Waals surface area contributed by atoms with Crippen molar-refractivity contribution in [3.05, 3.63) is 57.0 Å². The average Bonchev–Trinajstić information content (AvgIpc) is 2.93. The molecule has 0 fully saturated rings. The van der Waals surface area contributed by atoms with Crippen LogP contribution in [0.3, 0.4) is 0 Å². The number of hydrogen-bond donors (Lipinski definition) is 1. The van der Waals surface area contributed by atoms with E-state index in [-0.39, 0.29) is 17.2 Å². The number of aryl methyl sites for hydroxylation is 1. The Hall–Kier alpha value is -1.23. The number of carbonyl (C=O) groups excluding carboxylic acids is 1. The molecule has 5 heteroatoms. The first-order chi connectivity index (χ1) is 9.58. The van der Waals surface area contributed by atoms with Crippen molar-refractivity contribution >= 4 is 28.7 Å². The fourth-order valence-corrected chi connectivity index (χ4v) is 2.90. The SMILES string of the molecule is N[C@@H](Cc1cccs1)C(=O)CCc1cccc(Cl)c1F. The smallest absolute Gasteiger partial charge is 0.150 e. The van der Waals surface area contributed by atoms with Crippen LogP contribution in [-0.4, -0.2) is 11.8 Å². The molecule has 0 aliphatic heterocycles. The lowest BCUT2D eigenvalue weighted by atomic mass is 10.0. The summed E-state index contributed by atoms with van der Waals surface area (Å²) in [6.07, 6.45) is 1.09. The van der Waals surface area contributed by atoms with Crippen LogP contribution < -0.4 is 5.73 Å². The van der Waals surface area contributed by atoms with Crippen molar-refractivity contribution in [1.29, 1.82) is 0 Å². The normalized spacial score (nSPS) is 12.3. The number of halogens is 2. The predicted octanol–water partition coefficient (Wildman–Crippen LogP) is 3.61. The molecule has 106 valence electrons. The highest BCUT2D eigenvalue weighted by Gasteiger charge is 2.16. The summed E-state index contributed by atoms with van der Waals surface area (Å²) in [7, 11) is 0. The van der Waals surface area contributed by atoms with Crippen molar-refractivity contribution in [1.82, 2.24) is 0 Å². The van der Waals surface area contributed by atoms with Gasteiger partial charge in [0.15, 0.2) is 0 Å². The van der Waals surface area contributed by atoms with Crippen LogP contribution in [0, 0.1) is 5.82 Å². The molecule has 1 atom stereocenters. The highest BCUT2D eigenvalue weighted by molar-refractivity contribution is 7.09. The summed E-state index contributed by atoms with van der Waals surface area (Å²) in [6, 6.07) is 8.16. The first-order valence-electron chi connectivity index (χ1n) is 6.31. The second-order valence-electron chi connectivity index (χ2n) is 4.57. The Balaban J connectivity index is 1.90. The number of benzene rings is 1. The summed E-state index contributed by atoms with van der Waals surface area (Å²) < 4.78 is 13.7. The molecule has 2 N–H and O–H groups in total. The molecule has 2 nitrogen and oxygen atoms in total. The zero-order chi connectivity index (χ0) is 14.5. The van der Waals surface area contributed by atoms with Gasteiger partial charge in [0.2, 0.25) is 0 Å². The van der Waals surface area contributed by atoms with Crippen LogP contribution >= 0.6 is 22.9 Å². The molecule has 0 radical (unpaired) electrons. The second kappa shape index (κ2) is 6.97. The largest absolute Gasteiger partial charge is 0.321 e. The molecule has 0 saturated carbocycles. The van der Waals surface area contributed by atoms with E-state index < -0.39 is 11.9 Å².